The molecule has 0 saturated heterocycles. The molecule has 0 spiro atoms. The van der Waals surface area contributed by atoms with Gasteiger partial charge in [0.15, 0.2) is 0 Å². The summed E-state index contributed by atoms with van der Waals surface area (Å²) in [6.07, 6.45) is 0. The summed E-state index contributed by atoms with van der Waals surface area (Å²) in [6.45, 7) is 1.59. The largest absolute Gasteiger partial charge is 0.467 e. The van der Waals surface area contributed by atoms with Crippen molar-refractivity contribution in [2.75, 3.05) is 58.6 Å². The third kappa shape index (κ3) is 8.89. The van der Waals surface area contributed by atoms with Crippen LogP contribution >= 0.6 is 0 Å². The molecule has 0 radical (unpaired) electrons. The van der Waals surface area contributed by atoms with Gasteiger partial charge < -0.3 is 24.3 Å². The number of rotatable bonds is 14. The Labute approximate surface area is 154 Å². The number of methoxy groups -OCH3 is 1. The highest BCUT2D eigenvalue weighted by Crippen LogP contribution is 2.28. The van der Waals surface area contributed by atoms with Gasteiger partial charge in [0.1, 0.15) is 12.3 Å². The second kappa shape index (κ2) is 12.5. The normalized spacial score (nSPS) is 10.4. The van der Waals surface area contributed by atoms with Crippen LogP contribution in [0.2, 0.25) is 0 Å². The lowest BCUT2D eigenvalue weighted by atomic mass is 10.2. The van der Waals surface area contributed by atoms with Gasteiger partial charge in [-0.25, -0.2) is 4.79 Å². The summed E-state index contributed by atoms with van der Waals surface area (Å²) >= 11 is 0. The number of carbonyl (C=O) groups excluding carboxylic acids is 1. The third-order valence-corrected chi connectivity index (χ3v) is 3.14. The molecule has 0 unspecified atom stereocenters. The number of nitrogens with zero attached hydrogens (tertiary/aromatic N) is 2. The van der Waals surface area contributed by atoms with Crippen molar-refractivity contribution < 1.29 is 33.6 Å². The molecule has 0 amide bonds. The van der Waals surface area contributed by atoms with E-state index < -0.39 is 15.8 Å². The van der Waals surface area contributed by atoms with Crippen LogP contribution in [0.25, 0.3) is 0 Å². The van der Waals surface area contributed by atoms with Crippen molar-refractivity contribution >= 4 is 23.0 Å². The molecule has 1 N–H and O–H groups in total. The number of ether oxygens (including phenoxy) is 4. The van der Waals surface area contributed by atoms with Crippen LogP contribution in [0, 0.1) is 20.2 Å². The Bertz CT molecular complexity index is 639. The highest BCUT2D eigenvalue weighted by Gasteiger charge is 2.18. The summed E-state index contributed by atoms with van der Waals surface area (Å²) < 4.78 is 19.9. The quantitative estimate of drug-likeness (QED) is 0.213. The molecule has 0 fully saturated rings. The Morgan fingerprint density at radius 1 is 1.00 bits per heavy atom. The van der Waals surface area contributed by atoms with Crippen molar-refractivity contribution in [3.8, 4) is 0 Å². The lowest BCUT2D eigenvalue weighted by molar-refractivity contribution is -0.393. The van der Waals surface area contributed by atoms with Gasteiger partial charge in [-0.3, -0.25) is 20.2 Å². The van der Waals surface area contributed by atoms with E-state index in [1.54, 1.807) is 0 Å². The van der Waals surface area contributed by atoms with Gasteiger partial charge in [0, 0.05) is 12.6 Å². The molecule has 1 rings (SSSR count). The zero-order valence-electron chi connectivity index (χ0n) is 14.8. The van der Waals surface area contributed by atoms with Gasteiger partial charge in [0.2, 0.25) is 0 Å². The summed E-state index contributed by atoms with van der Waals surface area (Å²) in [7, 11) is 1.27. The van der Waals surface area contributed by atoms with Gasteiger partial charge in [-0.1, -0.05) is 0 Å². The zero-order chi connectivity index (χ0) is 20.1. The predicted molar refractivity (Wildman–Crippen MR) is 92.7 cm³/mol. The average Bonchev–Trinajstić information content (AvgIpc) is 2.65. The number of benzene rings is 1. The molecule has 1 aromatic carbocycles. The molecule has 0 heterocycles. The second-order valence-corrected chi connectivity index (χ2v) is 5.00. The maximum atomic E-state index is 11.0. The highest BCUT2D eigenvalue weighted by atomic mass is 16.6. The lowest BCUT2D eigenvalue weighted by Gasteiger charge is -2.08. The van der Waals surface area contributed by atoms with Gasteiger partial charge in [-0.2, -0.15) is 0 Å². The average molecular weight is 387 g/mol. The van der Waals surface area contributed by atoms with E-state index in [0.717, 1.165) is 6.07 Å². The molecule has 0 saturated carbocycles. The number of hydrogen-bond donors (Lipinski definition) is 1. The van der Waals surface area contributed by atoms with Crippen LogP contribution in [0.5, 0.6) is 0 Å². The van der Waals surface area contributed by atoms with E-state index in [1.807, 2.05) is 0 Å². The molecular formula is C15H21N3O9. The van der Waals surface area contributed by atoms with E-state index in [4.69, 9.17) is 14.2 Å². The smallest absolute Gasteiger partial charge is 0.331 e. The number of anilines is 1. The van der Waals surface area contributed by atoms with E-state index in [9.17, 15) is 25.0 Å². The zero-order valence-corrected chi connectivity index (χ0v) is 14.8. The minimum atomic E-state index is -0.694. The van der Waals surface area contributed by atoms with Gasteiger partial charge in [-0.15, -0.1) is 0 Å². The molecule has 0 atom stereocenters. The molecule has 27 heavy (non-hydrogen) atoms. The van der Waals surface area contributed by atoms with Crippen LogP contribution in [-0.2, 0) is 23.7 Å². The van der Waals surface area contributed by atoms with Crippen LogP contribution in [0.3, 0.4) is 0 Å². The standard InChI is InChI=1S/C15H21N3O9/c1-24-15(19)11-27-9-8-26-7-6-25-5-4-16-13-3-2-12(17(20)21)10-14(13)18(22)23/h2-3,10,16H,4-9,11H2,1H3. The van der Waals surface area contributed by atoms with Gasteiger partial charge in [0.05, 0.1) is 56.1 Å². The van der Waals surface area contributed by atoms with Crippen molar-refractivity contribution in [2.24, 2.45) is 0 Å². The van der Waals surface area contributed by atoms with Gasteiger partial charge in [-0.05, 0) is 6.07 Å². The molecule has 1 aromatic rings. The maximum absolute atomic E-state index is 11.0. The number of esters is 1. The molecular weight excluding hydrogens is 366 g/mol. The number of non-ortho nitro benzene ring substituents is 1. The minimum Gasteiger partial charge on any atom is -0.467 e. The van der Waals surface area contributed by atoms with E-state index in [1.165, 1.54) is 19.2 Å². The molecule has 0 aliphatic carbocycles. The summed E-state index contributed by atoms with van der Waals surface area (Å²) in [4.78, 5) is 31.1. The van der Waals surface area contributed by atoms with E-state index in [-0.39, 0.29) is 43.4 Å². The topological polar surface area (TPSA) is 152 Å². The number of nitro groups is 2. The predicted octanol–water partition coefficient (Wildman–Crippen LogP) is 1.14. The van der Waals surface area contributed by atoms with Crippen molar-refractivity contribution in [3.63, 3.8) is 0 Å². The van der Waals surface area contributed by atoms with Crippen molar-refractivity contribution in [1.82, 2.24) is 0 Å². The first kappa shape index (κ1) is 22.2. The monoisotopic (exact) mass is 387 g/mol. The fourth-order valence-electron chi connectivity index (χ4n) is 1.85. The fraction of sp³-hybridized carbons (Fsp3) is 0.533. The number of nitrogens with one attached hydrogen (secondary N) is 1. The molecule has 12 nitrogen and oxygen atoms in total. The number of carbonyl (C=O) groups is 1. The second-order valence-electron chi connectivity index (χ2n) is 5.00. The Morgan fingerprint density at radius 3 is 2.22 bits per heavy atom. The van der Waals surface area contributed by atoms with Gasteiger partial charge >= 0.3 is 5.97 Å². The lowest BCUT2D eigenvalue weighted by Crippen LogP contribution is -2.16. The Hall–Kier alpha value is -2.83. The summed E-state index contributed by atoms with van der Waals surface area (Å²) in [5.41, 5.74) is -0.552. The van der Waals surface area contributed by atoms with Crippen molar-refractivity contribution in [3.05, 3.63) is 38.4 Å². The first-order chi connectivity index (χ1) is 13.0. The third-order valence-electron chi connectivity index (χ3n) is 3.14. The Kier molecular flexibility index (Phi) is 10.3. The molecule has 0 aliphatic rings. The first-order valence-electron chi connectivity index (χ1n) is 7.92. The first-order valence-corrected chi connectivity index (χ1v) is 7.92. The van der Waals surface area contributed by atoms with Crippen LogP contribution < -0.4 is 5.32 Å². The van der Waals surface area contributed by atoms with E-state index in [2.05, 4.69) is 10.1 Å². The molecule has 150 valence electrons. The van der Waals surface area contributed by atoms with Crippen LogP contribution in [0.1, 0.15) is 0 Å². The molecule has 0 bridgehead atoms. The SMILES string of the molecule is COC(=O)COCCOCCOCCNc1ccc([N+](=O)[O-])cc1[N+](=O)[O-]. The fourth-order valence-corrected chi connectivity index (χ4v) is 1.85. The van der Waals surface area contributed by atoms with Crippen LogP contribution in [-0.4, -0.2) is 69.1 Å². The molecule has 0 aliphatic heterocycles. The Morgan fingerprint density at radius 2 is 1.63 bits per heavy atom. The maximum Gasteiger partial charge on any atom is 0.331 e. The summed E-state index contributed by atoms with van der Waals surface area (Å²) in [5, 5.41) is 24.5. The van der Waals surface area contributed by atoms with E-state index >= 15 is 0 Å². The molecule has 12 heteroatoms. The van der Waals surface area contributed by atoms with Gasteiger partial charge in [0.25, 0.3) is 11.4 Å². The van der Waals surface area contributed by atoms with Crippen LogP contribution in [0.4, 0.5) is 17.1 Å². The van der Waals surface area contributed by atoms with Crippen LogP contribution in [0.15, 0.2) is 18.2 Å². The Balaban J connectivity index is 2.15. The van der Waals surface area contributed by atoms with Crippen molar-refractivity contribution in [2.45, 2.75) is 0 Å². The summed E-state index contributed by atoms with van der Waals surface area (Å²) in [6, 6.07) is 3.37. The number of nitro benzene ring substituents is 2. The summed E-state index contributed by atoms with van der Waals surface area (Å²) in [5.74, 6) is -0.459. The molecule has 0 aromatic heterocycles. The number of hydrogen-bond acceptors (Lipinski definition) is 10. The minimum absolute atomic E-state index is 0.128. The van der Waals surface area contributed by atoms with Crippen molar-refractivity contribution in [1.29, 1.82) is 0 Å². The van der Waals surface area contributed by atoms with E-state index in [0.29, 0.717) is 19.8 Å². The highest BCUT2D eigenvalue weighted by molar-refractivity contribution is 5.70.